The molecule has 0 spiro atoms. The molecule has 0 unspecified atom stereocenters. The maximum absolute atomic E-state index is 5.55. The van der Waals surface area contributed by atoms with Gasteiger partial charge in [0.2, 0.25) is 0 Å². The van der Waals surface area contributed by atoms with Crippen LogP contribution in [0.3, 0.4) is 0 Å². The third kappa shape index (κ3) is 2.33. The molecule has 4 heteroatoms. The third-order valence-corrected chi connectivity index (χ3v) is 6.23. The average molecular weight is 340 g/mol. The molecule has 4 rings (SSSR count). The van der Waals surface area contributed by atoms with Crippen LogP contribution in [-0.2, 0) is 0 Å². The summed E-state index contributed by atoms with van der Waals surface area (Å²) in [6.07, 6.45) is 0. The van der Waals surface area contributed by atoms with Crippen LogP contribution in [0.2, 0.25) is 0 Å². The Morgan fingerprint density at radius 3 is 2.36 bits per heavy atom. The van der Waals surface area contributed by atoms with Gasteiger partial charge in [-0.3, -0.25) is 4.57 Å². The number of hydrogen-bond acceptors (Lipinski definition) is 3. The van der Waals surface area contributed by atoms with E-state index in [0.717, 1.165) is 9.64 Å². The summed E-state index contributed by atoms with van der Waals surface area (Å²) < 4.78 is 4.34. The topological polar surface area (TPSA) is 4.93 Å². The van der Waals surface area contributed by atoms with Crippen LogP contribution in [-0.4, -0.2) is 4.57 Å². The van der Waals surface area contributed by atoms with E-state index in [2.05, 4.69) is 66.1 Å². The van der Waals surface area contributed by atoms with Crippen LogP contribution < -0.4 is 0 Å². The van der Waals surface area contributed by atoms with Gasteiger partial charge >= 0.3 is 0 Å². The van der Waals surface area contributed by atoms with Gasteiger partial charge in [0.15, 0.2) is 3.95 Å². The average Bonchev–Trinajstić information content (AvgIpc) is 3.05. The van der Waals surface area contributed by atoms with Crippen LogP contribution >= 0.6 is 34.9 Å². The molecule has 0 aliphatic carbocycles. The Morgan fingerprint density at radius 1 is 0.909 bits per heavy atom. The molecule has 0 aliphatic heterocycles. The third-order valence-electron chi connectivity index (χ3n) is 3.61. The Bertz CT molecular complexity index is 988. The predicted octanol–water partition coefficient (Wildman–Crippen LogP) is 6.46. The molecule has 2 heterocycles. The van der Waals surface area contributed by atoms with Gasteiger partial charge in [-0.05, 0) is 42.9 Å². The first-order chi connectivity index (χ1) is 10.7. The molecule has 0 amide bonds. The summed E-state index contributed by atoms with van der Waals surface area (Å²) >= 11 is 9.04. The van der Waals surface area contributed by atoms with Gasteiger partial charge in [-0.1, -0.05) is 48.0 Å². The SMILES string of the molecule is Cc1ccc(-c2cc3sc(=S)n(-c4ccccc4)c3s2)cc1. The fraction of sp³-hybridized carbons (Fsp3) is 0.0556. The van der Waals surface area contributed by atoms with Crippen molar-refractivity contribution in [1.29, 1.82) is 0 Å². The Kier molecular flexibility index (Phi) is 3.45. The van der Waals surface area contributed by atoms with Crippen molar-refractivity contribution in [3.63, 3.8) is 0 Å². The van der Waals surface area contributed by atoms with Crippen molar-refractivity contribution in [2.75, 3.05) is 0 Å². The summed E-state index contributed by atoms with van der Waals surface area (Å²) in [7, 11) is 0. The van der Waals surface area contributed by atoms with E-state index in [1.165, 1.54) is 25.5 Å². The Balaban J connectivity index is 1.91. The van der Waals surface area contributed by atoms with E-state index in [0.29, 0.717) is 0 Å². The zero-order valence-electron chi connectivity index (χ0n) is 11.9. The zero-order chi connectivity index (χ0) is 15.1. The second kappa shape index (κ2) is 5.47. The molecule has 4 aromatic rings. The Morgan fingerprint density at radius 2 is 1.64 bits per heavy atom. The molecule has 0 atom stereocenters. The first-order valence-corrected chi connectivity index (χ1v) is 9.04. The largest absolute Gasteiger partial charge is 0.283 e. The fourth-order valence-corrected chi connectivity index (χ4v) is 5.30. The van der Waals surface area contributed by atoms with Crippen LogP contribution in [0.5, 0.6) is 0 Å². The number of aromatic nitrogens is 1. The summed E-state index contributed by atoms with van der Waals surface area (Å²) in [5, 5.41) is 0. The molecule has 2 aromatic heterocycles. The number of thiazole rings is 1. The minimum atomic E-state index is 0.905. The zero-order valence-corrected chi connectivity index (χ0v) is 14.4. The van der Waals surface area contributed by atoms with Crippen molar-refractivity contribution >= 4 is 44.4 Å². The monoisotopic (exact) mass is 339 g/mol. The van der Waals surface area contributed by atoms with E-state index in [-0.39, 0.29) is 0 Å². The highest BCUT2D eigenvalue weighted by atomic mass is 32.1. The Labute approximate surface area is 142 Å². The lowest BCUT2D eigenvalue weighted by molar-refractivity contribution is 1.14. The van der Waals surface area contributed by atoms with Gasteiger partial charge in [-0.15, -0.1) is 22.7 Å². The van der Waals surface area contributed by atoms with Gasteiger partial charge in [-0.25, -0.2) is 0 Å². The lowest BCUT2D eigenvalue weighted by atomic mass is 10.1. The van der Waals surface area contributed by atoms with E-state index in [9.17, 15) is 0 Å². The summed E-state index contributed by atoms with van der Waals surface area (Å²) in [6.45, 7) is 2.11. The van der Waals surface area contributed by atoms with E-state index in [1.54, 1.807) is 22.7 Å². The van der Waals surface area contributed by atoms with E-state index in [1.807, 2.05) is 6.07 Å². The molecule has 0 aliphatic rings. The van der Waals surface area contributed by atoms with E-state index >= 15 is 0 Å². The van der Waals surface area contributed by atoms with Crippen molar-refractivity contribution in [1.82, 2.24) is 4.57 Å². The Hall–Kier alpha value is -1.75. The quantitative estimate of drug-likeness (QED) is 0.379. The lowest BCUT2D eigenvalue weighted by Crippen LogP contribution is -1.90. The number of aryl methyl sites for hydroxylation is 1. The maximum atomic E-state index is 5.55. The number of benzene rings is 2. The van der Waals surface area contributed by atoms with Gasteiger partial charge in [0.25, 0.3) is 0 Å². The number of hydrogen-bond donors (Lipinski definition) is 0. The van der Waals surface area contributed by atoms with Crippen molar-refractivity contribution in [2.45, 2.75) is 6.92 Å². The fourth-order valence-electron chi connectivity index (χ4n) is 2.48. The molecule has 0 saturated heterocycles. The normalized spacial score (nSPS) is 11.1. The van der Waals surface area contributed by atoms with Gasteiger partial charge in [0.1, 0.15) is 4.83 Å². The van der Waals surface area contributed by atoms with Gasteiger partial charge < -0.3 is 0 Å². The molecular weight excluding hydrogens is 326 g/mol. The molecule has 1 nitrogen and oxygen atoms in total. The number of thiophene rings is 1. The minimum Gasteiger partial charge on any atom is -0.283 e. The number of rotatable bonds is 2. The highest BCUT2D eigenvalue weighted by Crippen LogP contribution is 2.38. The summed E-state index contributed by atoms with van der Waals surface area (Å²) in [5.74, 6) is 0. The van der Waals surface area contributed by atoms with Gasteiger partial charge in [0.05, 0.1) is 4.70 Å². The predicted molar refractivity (Wildman–Crippen MR) is 100 cm³/mol. The molecule has 0 fully saturated rings. The highest BCUT2D eigenvalue weighted by molar-refractivity contribution is 7.73. The summed E-state index contributed by atoms with van der Waals surface area (Å²) in [5.41, 5.74) is 3.69. The molecule has 108 valence electrons. The number of fused-ring (bicyclic) bond motifs is 1. The first kappa shape index (κ1) is 13.9. The second-order valence-corrected chi connectivity index (χ2v) is 7.89. The van der Waals surface area contributed by atoms with Gasteiger partial charge in [-0.2, -0.15) is 0 Å². The van der Waals surface area contributed by atoms with Gasteiger partial charge in [0, 0.05) is 10.6 Å². The highest BCUT2D eigenvalue weighted by Gasteiger charge is 2.12. The molecule has 0 radical (unpaired) electrons. The standard InChI is InChI=1S/C18H13NS3/c1-12-7-9-13(10-8-12)15-11-16-17(21-15)19(18(20)22-16)14-5-3-2-4-6-14/h2-11H,1H3. The van der Waals surface area contributed by atoms with Crippen molar-refractivity contribution < 1.29 is 0 Å². The smallest absolute Gasteiger partial charge is 0.167 e. The van der Waals surface area contributed by atoms with Crippen LogP contribution in [0, 0.1) is 10.9 Å². The van der Waals surface area contributed by atoms with Crippen LogP contribution in [0.4, 0.5) is 0 Å². The van der Waals surface area contributed by atoms with Crippen molar-refractivity contribution in [3.05, 3.63) is 70.2 Å². The minimum absolute atomic E-state index is 0.905. The number of nitrogens with zero attached hydrogens (tertiary/aromatic N) is 1. The molecular formula is C18H13NS3. The molecule has 0 N–H and O–H groups in total. The molecule has 0 bridgehead atoms. The summed E-state index contributed by atoms with van der Waals surface area (Å²) in [4.78, 5) is 2.53. The maximum Gasteiger partial charge on any atom is 0.167 e. The van der Waals surface area contributed by atoms with Crippen LogP contribution in [0.15, 0.2) is 60.7 Å². The van der Waals surface area contributed by atoms with Crippen molar-refractivity contribution in [2.24, 2.45) is 0 Å². The van der Waals surface area contributed by atoms with E-state index in [4.69, 9.17) is 12.2 Å². The van der Waals surface area contributed by atoms with Crippen LogP contribution in [0.1, 0.15) is 5.56 Å². The summed E-state index contributed by atoms with van der Waals surface area (Å²) in [6, 6.07) is 21.3. The second-order valence-electron chi connectivity index (χ2n) is 5.19. The lowest BCUT2D eigenvalue weighted by Gasteiger charge is -2.02. The van der Waals surface area contributed by atoms with Crippen LogP contribution in [0.25, 0.3) is 25.7 Å². The number of para-hydroxylation sites is 1. The first-order valence-electron chi connectivity index (χ1n) is 7.00. The molecule has 2 aromatic carbocycles. The van der Waals surface area contributed by atoms with E-state index < -0.39 is 0 Å². The molecule has 0 saturated carbocycles. The van der Waals surface area contributed by atoms with Crippen molar-refractivity contribution in [3.8, 4) is 16.1 Å². The molecule has 22 heavy (non-hydrogen) atoms.